The largest absolute Gasteiger partial charge is 0.326 e. The highest BCUT2D eigenvalue weighted by Gasteiger charge is 2.14. The third-order valence-electron chi connectivity index (χ3n) is 3.17. The Balaban J connectivity index is 2.16. The summed E-state index contributed by atoms with van der Waals surface area (Å²) >= 11 is 0. The van der Waals surface area contributed by atoms with Crippen molar-refractivity contribution in [3.63, 3.8) is 0 Å². The standard InChI is InChI=1S/C15H20N4O/c1-3-12-9-14(19(4-2)18-12)15(20)17-13-7-5-11(10-16)6-8-13/h5-9H,3-4,10,16H2,1-2H3,(H,17,20). The zero-order chi connectivity index (χ0) is 14.5. The minimum Gasteiger partial charge on any atom is -0.326 e. The summed E-state index contributed by atoms with van der Waals surface area (Å²) in [5.41, 5.74) is 8.86. The number of carbonyl (C=O) groups is 1. The summed E-state index contributed by atoms with van der Waals surface area (Å²) in [5, 5.41) is 7.26. The van der Waals surface area contributed by atoms with Gasteiger partial charge in [-0.05, 0) is 37.1 Å². The van der Waals surface area contributed by atoms with Crippen LogP contribution in [-0.4, -0.2) is 15.7 Å². The summed E-state index contributed by atoms with van der Waals surface area (Å²) < 4.78 is 1.72. The second kappa shape index (κ2) is 6.34. The topological polar surface area (TPSA) is 72.9 Å². The first-order chi connectivity index (χ1) is 9.67. The molecule has 2 rings (SSSR count). The second-order valence-corrected chi connectivity index (χ2v) is 4.55. The number of nitrogens with zero attached hydrogens (tertiary/aromatic N) is 2. The van der Waals surface area contributed by atoms with E-state index < -0.39 is 0 Å². The Morgan fingerprint density at radius 2 is 2.00 bits per heavy atom. The minimum absolute atomic E-state index is 0.139. The highest BCUT2D eigenvalue weighted by atomic mass is 16.2. The lowest BCUT2D eigenvalue weighted by Crippen LogP contribution is -2.17. The number of nitrogens with one attached hydrogen (secondary N) is 1. The van der Waals surface area contributed by atoms with Crippen LogP contribution in [-0.2, 0) is 19.5 Å². The fourth-order valence-electron chi connectivity index (χ4n) is 1.99. The summed E-state index contributed by atoms with van der Waals surface area (Å²) in [4.78, 5) is 12.3. The average Bonchev–Trinajstić information content (AvgIpc) is 2.91. The predicted octanol–water partition coefficient (Wildman–Crippen LogP) is 2.18. The van der Waals surface area contributed by atoms with E-state index in [1.165, 1.54) is 0 Å². The molecule has 0 saturated heterocycles. The van der Waals surface area contributed by atoms with Gasteiger partial charge < -0.3 is 11.1 Å². The fourth-order valence-corrected chi connectivity index (χ4v) is 1.99. The zero-order valence-electron chi connectivity index (χ0n) is 11.9. The van der Waals surface area contributed by atoms with E-state index in [0.717, 1.165) is 23.4 Å². The van der Waals surface area contributed by atoms with E-state index in [1.54, 1.807) is 4.68 Å². The molecule has 0 bridgehead atoms. The molecule has 3 N–H and O–H groups in total. The maximum Gasteiger partial charge on any atom is 0.273 e. The highest BCUT2D eigenvalue weighted by Crippen LogP contribution is 2.12. The number of aromatic nitrogens is 2. The molecule has 0 fully saturated rings. The Morgan fingerprint density at radius 1 is 1.30 bits per heavy atom. The molecule has 1 amide bonds. The van der Waals surface area contributed by atoms with Crippen LogP contribution in [0.1, 0.15) is 35.6 Å². The minimum atomic E-state index is -0.139. The molecule has 0 aliphatic heterocycles. The number of hydrogen-bond acceptors (Lipinski definition) is 3. The van der Waals surface area contributed by atoms with Crippen molar-refractivity contribution in [1.29, 1.82) is 0 Å². The van der Waals surface area contributed by atoms with Crippen molar-refractivity contribution in [3.8, 4) is 0 Å². The number of amides is 1. The van der Waals surface area contributed by atoms with Crippen LogP contribution in [0.5, 0.6) is 0 Å². The molecule has 20 heavy (non-hydrogen) atoms. The lowest BCUT2D eigenvalue weighted by atomic mass is 10.2. The Bertz CT molecular complexity index is 586. The predicted molar refractivity (Wildman–Crippen MR) is 79.6 cm³/mol. The van der Waals surface area contributed by atoms with Gasteiger partial charge in [0.2, 0.25) is 0 Å². The third kappa shape index (κ3) is 3.05. The molecule has 1 heterocycles. The molecule has 1 aromatic heterocycles. The van der Waals surface area contributed by atoms with Crippen molar-refractivity contribution in [1.82, 2.24) is 9.78 Å². The maximum atomic E-state index is 12.3. The second-order valence-electron chi connectivity index (χ2n) is 4.55. The summed E-state index contributed by atoms with van der Waals surface area (Å²) in [5.74, 6) is -0.139. The monoisotopic (exact) mass is 272 g/mol. The van der Waals surface area contributed by atoms with Gasteiger partial charge >= 0.3 is 0 Å². The number of nitrogens with two attached hydrogens (primary N) is 1. The number of anilines is 1. The van der Waals surface area contributed by atoms with E-state index in [9.17, 15) is 4.79 Å². The summed E-state index contributed by atoms with van der Waals surface area (Å²) in [6.45, 7) is 5.17. The van der Waals surface area contributed by atoms with Gasteiger partial charge in [0.25, 0.3) is 5.91 Å². The van der Waals surface area contributed by atoms with Crippen LogP contribution in [0.3, 0.4) is 0 Å². The van der Waals surface area contributed by atoms with Gasteiger partial charge in [0.15, 0.2) is 0 Å². The van der Waals surface area contributed by atoms with E-state index in [0.29, 0.717) is 18.8 Å². The Morgan fingerprint density at radius 3 is 2.55 bits per heavy atom. The quantitative estimate of drug-likeness (QED) is 0.876. The van der Waals surface area contributed by atoms with E-state index in [-0.39, 0.29) is 5.91 Å². The van der Waals surface area contributed by atoms with Gasteiger partial charge in [-0.25, -0.2) is 0 Å². The molecule has 5 heteroatoms. The smallest absolute Gasteiger partial charge is 0.273 e. The molecule has 5 nitrogen and oxygen atoms in total. The van der Waals surface area contributed by atoms with Gasteiger partial charge in [0, 0.05) is 18.8 Å². The van der Waals surface area contributed by atoms with E-state index in [2.05, 4.69) is 10.4 Å². The van der Waals surface area contributed by atoms with Crippen LogP contribution in [0, 0.1) is 0 Å². The molecule has 1 aromatic carbocycles. The lowest BCUT2D eigenvalue weighted by Gasteiger charge is -2.07. The number of carbonyl (C=O) groups excluding carboxylic acids is 1. The van der Waals surface area contributed by atoms with Crippen LogP contribution in [0.2, 0.25) is 0 Å². The van der Waals surface area contributed by atoms with Gasteiger partial charge in [-0.15, -0.1) is 0 Å². The SMILES string of the molecule is CCc1cc(C(=O)Nc2ccc(CN)cc2)n(CC)n1. The van der Waals surface area contributed by atoms with Crippen LogP contribution in [0.4, 0.5) is 5.69 Å². The van der Waals surface area contributed by atoms with E-state index in [1.807, 2.05) is 44.2 Å². The Hall–Kier alpha value is -2.14. The van der Waals surface area contributed by atoms with Gasteiger partial charge in [-0.3, -0.25) is 9.48 Å². The number of rotatable bonds is 5. The molecule has 0 unspecified atom stereocenters. The highest BCUT2D eigenvalue weighted by molar-refractivity contribution is 6.03. The molecule has 106 valence electrons. The maximum absolute atomic E-state index is 12.3. The molecular weight excluding hydrogens is 252 g/mol. The number of benzene rings is 1. The van der Waals surface area contributed by atoms with Crippen molar-refractivity contribution >= 4 is 11.6 Å². The van der Waals surface area contributed by atoms with Crippen LogP contribution >= 0.6 is 0 Å². The molecule has 0 saturated carbocycles. The molecule has 0 atom stereocenters. The van der Waals surface area contributed by atoms with Gasteiger partial charge in [-0.2, -0.15) is 5.10 Å². The third-order valence-corrected chi connectivity index (χ3v) is 3.17. The molecule has 0 radical (unpaired) electrons. The average molecular weight is 272 g/mol. The molecule has 0 aliphatic rings. The van der Waals surface area contributed by atoms with Gasteiger partial charge in [-0.1, -0.05) is 19.1 Å². The molecule has 0 spiro atoms. The summed E-state index contributed by atoms with van der Waals surface area (Å²) in [7, 11) is 0. The Labute approximate surface area is 118 Å². The first-order valence-electron chi connectivity index (χ1n) is 6.85. The van der Waals surface area contributed by atoms with Gasteiger partial charge in [0.1, 0.15) is 5.69 Å². The lowest BCUT2D eigenvalue weighted by molar-refractivity contribution is 0.101. The van der Waals surface area contributed by atoms with Crippen molar-refractivity contribution in [2.45, 2.75) is 33.4 Å². The number of aryl methyl sites for hydroxylation is 2. The molecule has 2 aromatic rings. The summed E-state index contributed by atoms with van der Waals surface area (Å²) in [6, 6.07) is 9.36. The zero-order valence-corrected chi connectivity index (χ0v) is 11.9. The van der Waals surface area contributed by atoms with Crippen LogP contribution in [0.25, 0.3) is 0 Å². The van der Waals surface area contributed by atoms with Crippen molar-refractivity contribution in [2.24, 2.45) is 5.73 Å². The Kier molecular flexibility index (Phi) is 4.53. The van der Waals surface area contributed by atoms with E-state index >= 15 is 0 Å². The van der Waals surface area contributed by atoms with Crippen LogP contribution < -0.4 is 11.1 Å². The first-order valence-corrected chi connectivity index (χ1v) is 6.85. The normalized spacial score (nSPS) is 10.6. The molecule has 0 aliphatic carbocycles. The van der Waals surface area contributed by atoms with E-state index in [4.69, 9.17) is 5.73 Å². The van der Waals surface area contributed by atoms with Crippen molar-refractivity contribution in [2.75, 3.05) is 5.32 Å². The van der Waals surface area contributed by atoms with Crippen molar-refractivity contribution in [3.05, 3.63) is 47.3 Å². The molecular formula is C15H20N4O. The van der Waals surface area contributed by atoms with Crippen LogP contribution in [0.15, 0.2) is 30.3 Å². The fraction of sp³-hybridized carbons (Fsp3) is 0.333. The van der Waals surface area contributed by atoms with Gasteiger partial charge in [0.05, 0.1) is 5.69 Å². The summed E-state index contributed by atoms with van der Waals surface area (Å²) in [6.07, 6.45) is 0.818. The number of hydrogen-bond donors (Lipinski definition) is 2. The van der Waals surface area contributed by atoms with Crippen molar-refractivity contribution < 1.29 is 4.79 Å². The first kappa shape index (κ1) is 14.3.